The average Bonchev–Trinajstić information content (AvgIpc) is 2.52. The van der Waals surface area contributed by atoms with E-state index in [1.807, 2.05) is 32.2 Å². The Morgan fingerprint density at radius 1 is 1.25 bits per heavy atom. The number of nitrogens with one attached hydrogen (secondary N) is 1. The van der Waals surface area contributed by atoms with Crippen LogP contribution in [0, 0.1) is 0 Å². The van der Waals surface area contributed by atoms with E-state index in [4.69, 9.17) is 9.47 Å². The molecule has 0 saturated heterocycles. The van der Waals surface area contributed by atoms with E-state index in [9.17, 15) is 0 Å². The fourth-order valence-electron chi connectivity index (χ4n) is 1.71. The van der Waals surface area contributed by atoms with Crippen molar-refractivity contribution in [3.05, 3.63) is 30.2 Å². The number of anilines is 1. The van der Waals surface area contributed by atoms with Crippen molar-refractivity contribution in [2.45, 2.75) is 13.5 Å². The summed E-state index contributed by atoms with van der Waals surface area (Å²) in [5.41, 5.74) is 1.73. The van der Waals surface area contributed by atoms with E-state index in [1.165, 1.54) is 0 Å². The summed E-state index contributed by atoms with van der Waals surface area (Å²) in [6.45, 7) is 2.96. The molecule has 0 radical (unpaired) electrons. The average molecular weight is 274 g/mol. The molecule has 2 aromatic rings. The molecule has 0 aliphatic rings. The van der Waals surface area contributed by atoms with Crippen LogP contribution < -0.4 is 10.1 Å². The number of hydrogen-bond donors (Lipinski definition) is 1. The maximum atomic E-state index is 5.37. The minimum absolute atomic E-state index is 0.390. The Kier molecular flexibility index (Phi) is 4.84. The minimum atomic E-state index is 0.390. The predicted octanol–water partition coefficient (Wildman–Crippen LogP) is 2.13. The first-order valence-corrected chi connectivity index (χ1v) is 6.40. The molecule has 0 fully saturated rings. The van der Waals surface area contributed by atoms with Gasteiger partial charge >= 0.3 is 0 Å². The summed E-state index contributed by atoms with van der Waals surface area (Å²) in [7, 11) is 3.41. The molecule has 0 saturated carbocycles. The van der Waals surface area contributed by atoms with Gasteiger partial charge in [-0.3, -0.25) is 0 Å². The number of ether oxygens (including phenoxy) is 2. The summed E-state index contributed by atoms with van der Waals surface area (Å²) in [4.78, 5) is 13.0. The van der Waals surface area contributed by atoms with E-state index in [-0.39, 0.29) is 0 Å². The van der Waals surface area contributed by atoms with Crippen molar-refractivity contribution < 1.29 is 9.47 Å². The monoisotopic (exact) mass is 274 g/mol. The molecule has 2 aromatic heterocycles. The van der Waals surface area contributed by atoms with Gasteiger partial charge < -0.3 is 14.8 Å². The van der Waals surface area contributed by atoms with Gasteiger partial charge in [-0.15, -0.1) is 0 Å². The van der Waals surface area contributed by atoms with Crippen LogP contribution in [0.1, 0.15) is 12.7 Å². The van der Waals surface area contributed by atoms with Crippen molar-refractivity contribution in [3.8, 4) is 17.1 Å². The molecule has 0 aliphatic carbocycles. The van der Waals surface area contributed by atoms with Crippen LogP contribution in [-0.2, 0) is 11.3 Å². The second-order valence-corrected chi connectivity index (χ2v) is 4.03. The molecule has 0 bridgehead atoms. The number of hydrogen-bond acceptors (Lipinski definition) is 6. The Morgan fingerprint density at radius 2 is 2.10 bits per heavy atom. The fourth-order valence-corrected chi connectivity index (χ4v) is 1.71. The van der Waals surface area contributed by atoms with Crippen LogP contribution in [0.2, 0.25) is 0 Å². The van der Waals surface area contributed by atoms with Gasteiger partial charge in [-0.2, -0.15) is 0 Å². The van der Waals surface area contributed by atoms with Crippen molar-refractivity contribution >= 4 is 5.82 Å². The van der Waals surface area contributed by atoms with Crippen molar-refractivity contribution in [1.29, 1.82) is 0 Å². The molecule has 0 unspecified atom stereocenters. The van der Waals surface area contributed by atoms with Gasteiger partial charge in [0.15, 0.2) is 5.82 Å². The molecule has 106 valence electrons. The number of pyridine rings is 1. The lowest BCUT2D eigenvalue weighted by Crippen LogP contribution is -2.04. The molecular formula is C14H18N4O2. The highest BCUT2D eigenvalue weighted by Crippen LogP contribution is 2.22. The topological polar surface area (TPSA) is 69.2 Å². The summed E-state index contributed by atoms with van der Waals surface area (Å²) >= 11 is 0. The summed E-state index contributed by atoms with van der Waals surface area (Å²) < 4.78 is 10.5. The Hall–Kier alpha value is -2.21. The van der Waals surface area contributed by atoms with E-state index in [1.54, 1.807) is 13.3 Å². The van der Waals surface area contributed by atoms with E-state index in [0.717, 1.165) is 17.1 Å². The zero-order valence-corrected chi connectivity index (χ0v) is 11.9. The second-order valence-electron chi connectivity index (χ2n) is 4.03. The number of rotatable bonds is 6. The third kappa shape index (κ3) is 3.42. The van der Waals surface area contributed by atoms with Crippen LogP contribution in [0.4, 0.5) is 5.82 Å². The van der Waals surface area contributed by atoms with Gasteiger partial charge in [0, 0.05) is 37.5 Å². The molecule has 6 nitrogen and oxygen atoms in total. The Labute approximate surface area is 118 Å². The zero-order valence-electron chi connectivity index (χ0n) is 11.9. The first-order valence-electron chi connectivity index (χ1n) is 6.40. The quantitative estimate of drug-likeness (QED) is 0.870. The first-order chi connectivity index (χ1) is 9.76. The summed E-state index contributed by atoms with van der Waals surface area (Å²) in [6, 6.07) is 5.60. The molecule has 0 amide bonds. The third-order valence-electron chi connectivity index (χ3n) is 2.70. The number of methoxy groups -OCH3 is 1. The normalized spacial score (nSPS) is 10.3. The lowest BCUT2D eigenvalue weighted by Gasteiger charge is -2.08. The van der Waals surface area contributed by atoms with Crippen molar-refractivity contribution in [2.75, 3.05) is 26.1 Å². The second kappa shape index (κ2) is 6.81. The highest BCUT2D eigenvalue weighted by Gasteiger charge is 2.07. The maximum absolute atomic E-state index is 5.37. The predicted molar refractivity (Wildman–Crippen MR) is 76.7 cm³/mol. The molecule has 6 heteroatoms. The third-order valence-corrected chi connectivity index (χ3v) is 2.70. The summed E-state index contributed by atoms with van der Waals surface area (Å²) in [5.74, 6) is 1.95. The largest absolute Gasteiger partial charge is 0.481 e. The highest BCUT2D eigenvalue weighted by atomic mass is 16.5. The first kappa shape index (κ1) is 14.2. The van der Waals surface area contributed by atoms with Gasteiger partial charge in [-0.25, -0.2) is 15.0 Å². The van der Waals surface area contributed by atoms with Gasteiger partial charge in [-0.1, -0.05) is 0 Å². The molecule has 2 rings (SSSR count). The van der Waals surface area contributed by atoms with E-state index < -0.39 is 0 Å². The smallest absolute Gasteiger partial charge is 0.213 e. The van der Waals surface area contributed by atoms with Gasteiger partial charge in [0.05, 0.1) is 12.8 Å². The fraction of sp³-hybridized carbons (Fsp3) is 0.357. The molecule has 20 heavy (non-hydrogen) atoms. The Morgan fingerprint density at radius 3 is 2.80 bits per heavy atom. The molecule has 0 atom stereocenters. The molecule has 0 aromatic carbocycles. The Bertz CT molecular complexity index is 575. The van der Waals surface area contributed by atoms with E-state index in [0.29, 0.717) is 24.9 Å². The van der Waals surface area contributed by atoms with Gasteiger partial charge in [0.2, 0.25) is 5.88 Å². The maximum Gasteiger partial charge on any atom is 0.213 e. The SMILES string of the molecule is CCOCc1nc(NC)cc(-c2ccnc(OC)c2)n1. The van der Waals surface area contributed by atoms with Gasteiger partial charge in [0.25, 0.3) is 0 Å². The highest BCUT2D eigenvalue weighted by molar-refractivity contribution is 5.63. The van der Waals surface area contributed by atoms with Crippen LogP contribution >= 0.6 is 0 Å². The Balaban J connectivity index is 2.38. The summed E-state index contributed by atoms with van der Waals surface area (Å²) in [6.07, 6.45) is 1.69. The van der Waals surface area contributed by atoms with Crippen molar-refractivity contribution in [3.63, 3.8) is 0 Å². The lowest BCUT2D eigenvalue weighted by atomic mass is 10.2. The van der Waals surface area contributed by atoms with Crippen LogP contribution in [0.25, 0.3) is 11.3 Å². The molecule has 2 heterocycles. The summed E-state index contributed by atoms with van der Waals surface area (Å²) in [5, 5.41) is 3.03. The van der Waals surface area contributed by atoms with Crippen LogP contribution in [0.5, 0.6) is 5.88 Å². The minimum Gasteiger partial charge on any atom is -0.481 e. The van der Waals surface area contributed by atoms with Crippen molar-refractivity contribution in [2.24, 2.45) is 0 Å². The van der Waals surface area contributed by atoms with Crippen molar-refractivity contribution in [1.82, 2.24) is 15.0 Å². The van der Waals surface area contributed by atoms with Gasteiger partial charge in [0.1, 0.15) is 12.4 Å². The van der Waals surface area contributed by atoms with E-state index >= 15 is 0 Å². The van der Waals surface area contributed by atoms with Crippen LogP contribution in [-0.4, -0.2) is 35.7 Å². The molecule has 0 aliphatic heterocycles. The van der Waals surface area contributed by atoms with Crippen LogP contribution in [0.15, 0.2) is 24.4 Å². The van der Waals surface area contributed by atoms with E-state index in [2.05, 4.69) is 20.3 Å². The number of aromatic nitrogens is 3. The molecule has 1 N–H and O–H groups in total. The molecular weight excluding hydrogens is 256 g/mol. The number of nitrogens with zero attached hydrogens (tertiary/aromatic N) is 3. The zero-order chi connectivity index (χ0) is 14.4. The lowest BCUT2D eigenvalue weighted by molar-refractivity contribution is 0.128. The standard InChI is InChI=1S/C14H18N4O2/c1-4-20-9-13-17-11(8-12(15-2)18-13)10-5-6-16-14(7-10)19-3/h5-8H,4,9H2,1-3H3,(H,15,17,18). The van der Waals surface area contributed by atoms with Crippen LogP contribution in [0.3, 0.4) is 0 Å². The molecule has 0 spiro atoms. The van der Waals surface area contributed by atoms with Gasteiger partial charge in [-0.05, 0) is 13.0 Å².